The first-order chi connectivity index (χ1) is 7.27. The third-order valence-corrected chi connectivity index (χ3v) is 2.98. The number of anilines is 1. The Balaban J connectivity index is 2.08. The summed E-state index contributed by atoms with van der Waals surface area (Å²) in [5.74, 6) is 0.621. The van der Waals surface area contributed by atoms with Gasteiger partial charge in [0.1, 0.15) is 0 Å². The zero-order valence-corrected chi connectivity index (χ0v) is 9.61. The van der Waals surface area contributed by atoms with Gasteiger partial charge in [0, 0.05) is 5.69 Å². The zero-order chi connectivity index (χ0) is 10.7. The van der Waals surface area contributed by atoms with E-state index >= 15 is 0 Å². The SMILES string of the molecule is CC(C)c1ccc(N2CC[OH+]CC2)cc1. The van der Waals surface area contributed by atoms with E-state index < -0.39 is 0 Å². The van der Waals surface area contributed by atoms with Crippen molar-refractivity contribution in [1.29, 1.82) is 0 Å². The third kappa shape index (κ3) is 2.51. The molecule has 0 radical (unpaired) electrons. The van der Waals surface area contributed by atoms with E-state index in [0.29, 0.717) is 5.92 Å². The number of morpholine rings is 1. The van der Waals surface area contributed by atoms with Gasteiger partial charge in [0.2, 0.25) is 0 Å². The van der Waals surface area contributed by atoms with E-state index in [-0.39, 0.29) is 0 Å². The van der Waals surface area contributed by atoms with Gasteiger partial charge >= 0.3 is 0 Å². The molecule has 1 aromatic carbocycles. The van der Waals surface area contributed by atoms with Crippen LogP contribution in [0.5, 0.6) is 0 Å². The van der Waals surface area contributed by atoms with Crippen molar-refractivity contribution in [1.82, 2.24) is 0 Å². The fourth-order valence-corrected chi connectivity index (χ4v) is 1.93. The summed E-state index contributed by atoms with van der Waals surface area (Å²) in [7, 11) is 0. The Morgan fingerprint density at radius 3 is 2.20 bits per heavy atom. The zero-order valence-electron chi connectivity index (χ0n) is 9.61. The lowest BCUT2D eigenvalue weighted by Gasteiger charge is -2.26. The Labute approximate surface area is 91.9 Å². The molecule has 2 nitrogen and oxygen atoms in total. The largest absolute Gasteiger partial charge is 0.431 e. The molecule has 15 heavy (non-hydrogen) atoms. The Morgan fingerprint density at radius 1 is 1.07 bits per heavy atom. The molecule has 2 heteroatoms. The van der Waals surface area contributed by atoms with E-state index in [2.05, 4.69) is 47.7 Å². The van der Waals surface area contributed by atoms with Gasteiger partial charge in [0.25, 0.3) is 0 Å². The quantitative estimate of drug-likeness (QED) is 0.677. The number of ether oxygens (including phenoxy) is 1. The summed E-state index contributed by atoms with van der Waals surface area (Å²) in [4.78, 5) is 2.41. The molecular formula is C13H20NO+. The standard InChI is InChI=1S/C13H19NO/c1-11(2)12-3-5-13(6-4-12)14-7-9-15-10-8-14/h3-6,11H,7-10H2,1-2H3/p+1. The third-order valence-electron chi connectivity index (χ3n) is 2.98. The van der Waals surface area contributed by atoms with Crippen LogP contribution in [0.2, 0.25) is 0 Å². The van der Waals surface area contributed by atoms with Gasteiger partial charge < -0.3 is 9.64 Å². The van der Waals surface area contributed by atoms with Crippen molar-refractivity contribution in [2.75, 3.05) is 31.2 Å². The summed E-state index contributed by atoms with van der Waals surface area (Å²) in [5.41, 5.74) is 2.76. The van der Waals surface area contributed by atoms with Gasteiger partial charge in [0.15, 0.2) is 13.2 Å². The number of nitrogens with zero attached hydrogens (tertiary/aromatic N) is 1. The molecule has 0 unspecified atom stereocenters. The maximum atomic E-state index is 4.36. The molecule has 1 N–H and O–H groups in total. The van der Waals surface area contributed by atoms with Crippen molar-refractivity contribution in [3.8, 4) is 0 Å². The second kappa shape index (κ2) is 4.67. The van der Waals surface area contributed by atoms with Crippen LogP contribution in [0.15, 0.2) is 24.3 Å². The van der Waals surface area contributed by atoms with Crippen molar-refractivity contribution in [2.45, 2.75) is 19.8 Å². The lowest BCUT2D eigenvalue weighted by molar-refractivity contribution is -0.0437. The summed E-state index contributed by atoms with van der Waals surface area (Å²) < 4.78 is 4.36. The summed E-state index contributed by atoms with van der Waals surface area (Å²) in [6, 6.07) is 8.96. The molecule has 1 saturated heterocycles. The topological polar surface area (TPSA) is 16.0 Å². The summed E-state index contributed by atoms with van der Waals surface area (Å²) in [6.07, 6.45) is 0. The number of benzene rings is 1. The molecule has 0 atom stereocenters. The fourth-order valence-electron chi connectivity index (χ4n) is 1.93. The number of hydrogen-bond donors (Lipinski definition) is 0. The van der Waals surface area contributed by atoms with Crippen LogP contribution in [0.25, 0.3) is 0 Å². The highest BCUT2D eigenvalue weighted by Gasteiger charge is 2.13. The monoisotopic (exact) mass is 206 g/mol. The second-order valence-electron chi connectivity index (χ2n) is 4.40. The molecule has 1 fully saturated rings. The van der Waals surface area contributed by atoms with Gasteiger partial charge in [-0.15, -0.1) is 0 Å². The maximum Gasteiger partial charge on any atom is 0.162 e. The molecule has 0 aromatic heterocycles. The number of rotatable bonds is 2. The molecule has 0 amide bonds. The van der Waals surface area contributed by atoms with E-state index in [1.165, 1.54) is 11.3 Å². The van der Waals surface area contributed by atoms with Crippen molar-refractivity contribution in [2.24, 2.45) is 0 Å². The van der Waals surface area contributed by atoms with Crippen LogP contribution < -0.4 is 4.90 Å². The van der Waals surface area contributed by atoms with Crippen LogP contribution in [0.1, 0.15) is 25.3 Å². The molecule has 2 rings (SSSR count). The lowest BCUT2D eigenvalue weighted by atomic mass is 10.0. The van der Waals surface area contributed by atoms with Crippen LogP contribution in [0, 0.1) is 0 Å². The van der Waals surface area contributed by atoms with Gasteiger partial charge in [-0.1, -0.05) is 26.0 Å². The number of aliphatic hydroxyl groups is 2. The van der Waals surface area contributed by atoms with Crippen molar-refractivity contribution in [3.63, 3.8) is 0 Å². The molecule has 1 heterocycles. The summed E-state index contributed by atoms with van der Waals surface area (Å²) >= 11 is 0. The minimum Gasteiger partial charge on any atom is -0.431 e. The summed E-state index contributed by atoms with van der Waals surface area (Å²) in [6.45, 7) is 8.56. The normalized spacial score (nSPS) is 17.1. The van der Waals surface area contributed by atoms with Crippen LogP contribution in [-0.4, -0.2) is 31.0 Å². The summed E-state index contributed by atoms with van der Waals surface area (Å²) in [5, 5.41) is 0. The fraction of sp³-hybridized carbons (Fsp3) is 0.538. The predicted octanol–water partition coefficient (Wildman–Crippen LogP) is 2.16. The van der Waals surface area contributed by atoms with Gasteiger partial charge in [0.05, 0.1) is 13.1 Å². The smallest absolute Gasteiger partial charge is 0.162 e. The first-order valence-electron chi connectivity index (χ1n) is 5.75. The molecule has 1 aromatic rings. The van der Waals surface area contributed by atoms with E-state index in [1.807, 2.05) is 0 Å². The van der Waals surface area contributed by atoms with E-state index in [9.17, 15) is 0 Å². The average molecular weight is 206 g/mol. The Bertz CT molecular complexity index is 299. The minimum absolute atomic E-state index is 0.621. The highest BCUT2D eigenvalue weighted by Crippen LogP contribution is 2.20. The Hall–Kier alpha value is -1.02. The van der Waals surface area contributed by atoms with Crippen LogP contribution in [0.4, 0.5) is 5.69 Å². The van der Waals surface area contributed by atoms with Crippen molar-refractivity contribution >= 4 is 5.69 Å². The van der Waals surface area contributed by atoms with Crippen LogP contribution in [0.3, 0.4) is 0 Å². The molecule has 0 saturated carbocycles. The molecule has 1 aliphatic rings. The number of hydrogen-bond acceptors (Lipinski definition) is 1. The predicted molar refractivity (Wildman–Crippen MR) is 64.7 cm³/mol. The van der Waals surface area contributed by atoms with E-state index in [4.69, 9.17) is 0 Å². The van der Waals surface area contributed by atoms with E-state index in [0.717, 1.165) is 26.3 Å². The molecule has 1 aliphatic heterocycles. The van der Waals surface area contributed by atoms with Gasteiger partial charge in [-0.25, -0.2) is 0 Å². The highest BCUT2D eigenvalue weighted by atomic mass is 16.5. The minimum atomic E-state index is 0.621. The molecule has 82 valence electrons. The van der Waals surface area contributed by atoms with E-state index in [1.54, 1.807) is 0 Å². The first-order valence-corrected chi connectivity index (χ1v) is 5.75. The van der Waals surface area contributed by atoms with Gasteiger partial charge in [-0.2, -0.15) is 0 Å². The van der Waals surface area contributed by atoms with Crippen molar-refractivity contribution in [3.05, 3.63) is 29.8 Å². The van der Waals surface area contributed by atoms with Crippen LogP contribution >= 0.6 is 0 Å². The van der Waals surface area contributed by atoms with Gasteiger partial charge in [-0.3, -0.25) is 0 Å². The van der Waals surface area contributed by atoms with Gasteiger partial charge in [-0.05, 0) is 23.6 Å². The average Bonchev–Trinajstić information content (AvgIpc) is 2.30. The van der Waals surface area contributed by atoms with Crippen molar-refractivity contribution < 1.29 is 4.74 Å². The second-order valence-corrected chi connectivity index (χ2v) is 4.40. The molecule has 0 aliphatic carbocycles. The molecule has 0 spiro atoms. The molecule has 0 bridgehead atoms. The lowest BCUT2D eigenvalue weighted by Crippen LogP contribution is -2.38. The highest BCUT2D eigenvalue weighted by molar-refractivity contribution is 5.48. The molecular weight excluding hydrogens is 186 g/mol. The van der Waals surface area contributed by atoms with Crippen LogP contribution in [-0.2, 0) is 0 Å². The maximum absolute atomic E-state index is 4.36. The Kier molecular flexibility index (Phi) is 3.27. The Morgan fingerprint density at radius 2 is 1.67 bits per heavy atom. The first kappa shape index (κ1) is 10.5.